The zero-order chi connectivity index (χ0) is 13.8. The van der Waals surface area contributed by atoms with Crippen molar-refractivity contribution in [3.05, 3.63) is 40.6 Å². The minimum absolute atomic E-state index is 0.139. The third-order valence-electron chi connectivity index (χ3n) is 2.44. The second-order valence-corrected chi connectivity index (χ2v) is 5.12. The standard InChI is InChI=1S/C11H10ClN7S/c12-9-16-10(15-2-1-8-14-4-6-20-8)18-11(17-9)19-5-3-13-7-19/h3-7H,1-2H2,(H,15,16,17,18). The largest absolute Gasteiger partial charge is 0.354 e. The quantitative estimate of drug-likeness (QED) is 0.774. The first-order valence-electron chi connectivity index (χ1n) is 5.83. The molecule has 0 atom stereocenters. The minimum atomic E-state index is 0.139. The Kier molecular flexibility index (Phi) is 3.84. The summed E-state index contributed by atoms with van der Waals surface area (Å²) in [5, 5.41) is 6.26. The van der Waals surface area contributed by atoms with Gasteiger partial charge in [0.15, 0.2) is 0 Å². The number of halogens is 1. The molecule has 3 aromatic rings. The van der Waals surface area contributed by atoms with E-state index >= 15 is 0 Å². The molecule has 9 heteroatoms. The van der Waals surface area contributed by atoms with Gasteiger partial charge in [-0.15, -0.1) is 11.3 Å². The fourth-order valence-electron chi connectivity index (χ4n) is 1.57. The lowest BCUT2D eigenvalue weighted by Gasteiger charge is -2.06. The molecule has 7 nitrogen and oxygen atoms in total. The van der Waals surface area contributed by atoms with Crippen LogP contribution in [0.2, 0.25) is 5.28 Å². The Labute approximate surface area is 123 Å². The monoisotopic (exact) mass is 307 g/mol. The molecule has 1 N–H and O–H groups in total. The number of nitrogens with zero attached hydrogens (tertiary/aromatic N) is 6. The van der Waals surface area contributed by atoms with Crippen LogP contribution in [0.4, 0.5) is 5.95 Å². The second kappa shape index (κ2) is 5.93. The van der Waals surface area contributed by atoms with Gasteiger partial charge in [-0.05, 0) is 11.6 Å². The highest BCUT2D eigenvalue weighted by molar-refractivity contribution is 7.09. The van der Waals surface area contributed by atoms with Crippen LogP contribution in [0.15, 0.2) is 30.3 Å². The van der Waals surface area contributed by atoms with Crippen molar-refractivity contribution < 1.29 is 0 Å². The van der Waals surface area contributed by atoms with Crippen molar-refractivity contribution in [2.75, 3.05) is 11.9 Å². The number of hydrogen-bond acceptors (Lipinski definition) is 7. The number of rotatable bonds is 5. The number of hydrogen-bond donors (Lipinski definition) is 1. The molecule has 102 valence electrons. The Hall–Kier alpha value is -2.06. The maximum absolute atomic E-state index is 5.90. The number of nitrogens with one attached hydrogen (secondary N) is 1. The molecule has 3 rings (SSSR count). The van der Waals surface area contributed by atoms with Crippen molar-refractivity contribution in [1.82, 2.24) is 29.5 Å². The first-order chi connectivity index (χ1) is 9.81. The van der Waals surface area contributed by atoms with Crippen molar-refractivity contribution in [2.45, 2.75) is 6.42 Å². The maximum Gasteiger partial charge on any atom is 0.241 e. The number of anilines is 1. The van der Waals surface area contributed by atoms with E-state index in [0.717, 1.165) is 11.4 Å². The lowest BCUT2D eigenvalue weighted by atomic mass is 10.4. The topological polar surface area (TPSA) is 81.4 Å². The van der Waals surface area contributed by atoms with Crippen LogP contribution in [-0.4, -0.2) is 36.0 Å². The van der Waals surface area contributed by atoms with Crippen LogP contribution in [0.1, 0.15) is 5.01 Å². The predicted molar refractivity (Wildman–Crippen MR) is 76.3 cm³/mol. The van der Waals surface area contributed by atoms with Gasteiger partial charge >= 0.3 is 0 Å². The van der Waals surface area contributed by atoms with Crippen molar-refractivity contribution in [3.8, 4) is 5.95 Å². The average Bonchev–Trinajstić information content (AvgIpc) is 3.11. The lowest BCUT2D eigenvalue weighted by Crippen LogP contribution is -2.11. The van der Waals surface area contributed by atoms with E-state index in [9.17, 15) is 0 Å². The van der Waals surface area contributed by atoms with Gasteiger partial charge in [0.25, 0.3) is 0 Å². The molecule has 0 bridgehead atoms. The minimum Gasteiger partial charge on any atom is -0.354 e. The van der Waals surface area contributed by atoms with E-state index in [1.165, 1.54) is 0 Å². The van der Waals surface area contributed by atoms with E-state index in [1.54, 1.807) is 40.8 Å². The highest BCUT2D eigenvalue weighted by atomic mass is 35.5. The van der Waals surface area contributed by atoms with Gasteiger partial charge in [0.1, 0.15) is 6.33 Å². The lowest BCUT2D eigenvalue weighted by molar-refractivity contribution is 0.882. The van der Waals surface area contributed by atoms with Gasteiger partial charge in [0.2, 0.25) is 17.2 Å². The predicted octanol–water partition coefficient (Wildman–Crippen LogP) is 1.82. The zero-order valence-electron chi connectivity index (χ0n) is 10.3. The Morgan fingerprint density at radius 2 is 2.20 bits per heavy atom. The van der Waals surface area contributed by atoms with Gasteiger partial charge < -0.3 is 5.32 Å². The molecule has 0 radical (unpaired) electrons. The molecule has 0 aromatic carbocycles. The highest BCUT2D eigenvalue weighted by Gasteiger charge is 2.06. The first kappa shape index (κ1) is 12.9. The smallest absolute Gasteiger partial charge is 0.241 e. The van der Waals surface area contributed by atoms with E-state index < -0.39 is 0 Å². The Morgan fingerprint density at radius 1 is 1.25 bits per heavy atom. The summed E-state index contributed by atoms with van der Waals surface area (Å²) in [6.45, 7) is 0.678. The van der Waals surface area contributed by atoms with E-state index in [0.29, 0.717) is 18.4 Å². The van der Waals surface area contributed by atoms with Gasteiger partial charge in [-0.2, -0.15) is 15.0 Å². The van der Waals surface area contributed by atoms with Gasteiger partial charge in [0, 0.05) is 36.9 Å². The zero-order valence-corrected chi connectivity index (χ0v) is 11.8. The third kappa shape index (κ3) is 3.09. The van der Waals surface area contributed by atoms with Crippen LogP contribution in [0.25, 0.3) is 5.95 Å². The first-order valence-corrected chi connectivity index (χ1v) is 7.09. The summed E-state index contributed by atoms with van der Waals surface area (Å²) in [4.78, 5) is 20.5. The van der Waals surface area contributed by atoms with Gasteiger partial charge in [-0.25, -0.2) is 9.97 Å². The van der Waals surface area contributed by atoms with Gasteiger partial charge in [-0.1, -0.05) is 0 Å². The van der Waals surface area contributed by atoms with Crippen LogP contribution < -0.4 is 5.32 Å². The molecule has 3 heterocycles. The molecular weight excluding hydrogens is 298 g/mol. The van der Waals surface area contributed by atoms with Crippen LogP contribution in [0.3, 0.4) is 0 Å². The molecule has 0 aliphatic rings. The van der Waals surface area contributed by atoms with Crippen molar-refractivity contribution >= 4 is 28.9 Å². The molecule has 0 unspecified atom stereocenters. The highest BCUT2D eigenvalue weighted by Crippen LogP contribution is 2.10. The van der Waals surface area contributed by atoms with E-state index in [1.807, 2.05) is 5.38 Å². The molecule has 0 saturated carbocycles. The number of imidazole rings is 1. The van der Waals surface area contributed by atoms with Crippen LogP contribution in [0, 0.1) is 0 Å². The molecule has 0 saturated heterocycles. The van der Waals surface area contributed by atoms with Gasteiger partial charge in [0.05, 0.1) is 5.01 Å². The molecule has 0 fully saturated rings. The van der Waals surface area contributed by atoms with E-state index in [2.05, 4.69) is 30.2 Å². The van der Waals surface area contributed by atoms with Crippen LogP contribution in [-0.2, 0) is 6.42 Å². The Bertz CT molecular complexity index is 668. The normalized spacial score (nSPS) is 10.7. The Balaban J connectivity index is 1.70. The SMILES string of the molecule is Clc1nc(NCCc2nccs2)nc(-n2ccnc2)n1. The third-order valence-corrected chi connectivity index (χ3v) is 3.45. The summed E-state index contributed by atoms with van der Waals surface area (Å²) in [5.74, 6) is 0.865. The van der Waals surface area contributed by atoms with Crippen molar-refractivity contribution in [1.29, 1.82) is 0 Å². The molecule has 0 spiro atoms. The number of aromatic nitrogens is 6. The molecule has 20 heavy (non-hydrogen) atoms. The van der Waals surface area contributed by atoms with E-state index in [4.69, 9.17) is 11.6 Å². The Morgan fingerprint density at radius 3 is 2.95 bits per heavy atom. The summed E-state index contributed by atoms with van der Waals surface area (Å²) in [5.41, 5.74) is 0. The second-order valence-electron chi connectivity index (χ2n) is 3.80. The molecular formula is C11H10ClN7S. The molecule has 0 aliphatic carbocycles. The summed E-state index contributed by atoms with van der Waals surface area (Å²) in [6, 6.07) is 0. The summed E-state index contributed by atoms with van der Waals surface area (Å²) < 4.78 is 1.67. The van der Waals surface area contributed by atoms with Gasteiger partial charge in [-0.3, -0.25) is 4.57 Å². The number of thiazole rings is 1. The van der Waals surface area contributed by atoms with Crippen molar-refractivity contribution in [2.24, 2.45) is 0 Å². The molecule has 0 amide bonds. The van der Waals surface area contributed by atoms with Crippen LogP contribution >= 0.6 is 22.9 Å². The fraction of sp³-hybridized carbons (Fsp3) is 0.182. The summed E-state index contributed by atoms with van der Waals surface area (Å²) in [7, 11) is 0. The molecule has 0 aliphatic heterocycles. The average molecular weight is 308 g/mol. The summed E-state index contributed by atoms with van der Waals surface area (Å²) >= 11 is 7.52. The summed E-state index contributed by atoms with van der Waals surface area (Å²) in [6.07, 6.45) is 7.58. The fourth-order valence-corrected chi connectivity index (χ4v) is 2.35. The van der Waals surface area contributed by atoms with Crippen LogP contribution in [0.5, 0.6) is 0 Å². The maximum atomic E-state index is 5.90. The van der Waals surface area contributed by atoms with Crippen molar-refractivity contribution in [3.63, 3.8) is 0 Å². The van der Waals surface area contributed by atoms with E-state index in [-0.39, 0.29) is 5.28 Å². The molecule has 3 aromatic heterocycles.